The van der Waals surface area contributed by atoms with Crippen molar-refractivity contribution < 1.29 is 0 Å². The predicted molar refractivity (Wildman–Crippen MR) is 79.5 cm³/mol. The molecule has 0 spiro atoms. The zero-order valence-corrected chi connectivity index (χ0v) is 12.4. The Kier molecular flexibility index (Phi) is 3.53. The minimum Gasteiger partial charge on any atom is -0.221 e. The van der Waals surface area contributed by atoms with Crippen LogP contribution in [-0.2, 0) is 12.8 Å². The first kappa shape index (κ1) is 12.6. The Morgan fingerprint density at radius 3 is 2.84 bits per heavy atom. The van der Waals surface area contributed by atoms with Crippen LogP contribution in [0.15, 0.2) is 47.1 Å². The van der Waals surface area contributed by atoms with Crippen LogP contribution in [0.5, 0.6) is 0 Å². The predicted octanol–water partition coefficient (Wildman–Crippen LogP) is 3.93. The third-order valence-electron chi connectivity index (χ3n) is 2.92. The van der Waals surface area contributed by atoms with E-state index in [0.29, 0.717) is 0 Å². The average molecular weight is 337 g/mol. The fourth-order valence-corrected chi connectivity index (χ4v) is 2.51. The van der Waals surface area contributed by atoms with Crippen LogP contribution in [0.25, 0.3) is 5.65 Å². The molecule has 3 nitrogen and oxygen atoms in total. The second-order valence-electron chi connectivity index (χ2n) is 4.27. The molecule has 3 rings (SSSR count). The first-order chi connectivity index (χ1) is 9.22. The van der Waals surface area contributed by atoms with Crippen molar-refractivity contribution in [1.29, 1.82) is 0 Å². The van der Waals surface area contributed by atoms with Gasteiger partial charge in [-0.05, 0) is 30.2 Å². The summed E-state index contributed by atoms with van der Waals surface area (Å²) in [6.07, 6.45) is 3.52. The minimum absolute atomic E-state index is 0.781. The molecule has 2 heterocycles. The third-order valence-corrected chi connectivity index (χ3v) is 3.78. The molecule has 0 N–H and O–H groups in total. The first-order valence-electron chi connectivity index (χ1n) is 5.96. The molecular formula is C14H11BrClN3. The maximum atomic E-state index is 6.14. The highest BCUT2D eigenvalue weighted by Crippen LogP contribution is 2.17. The van der Waals surface area contributed by atoms with Crippen molar-refractivity contribution in [3.8, 4) is 0 Å². The van der Waals surface area contributed by atoms with Gasteiger partial charge in [0.05, 0.1) is 0 Å². The monoisotopic (exact) mass is 335 g/mol. The van der Waals surface area contributed by atoms with E-state index in [2.05, 4.69) is 26.0 Å². The second-order valence-corrected chi connectivity index (χ2v) is 5.59. The molecular weight excluding hydrogens is 326 g/mol. The molecule has 0 aliphatic rings. The van der Waals surface area contributed by atoms with Crippen LogP contribution in [0.3, 0.4) is 0 Å². The molecule has 0 saturated carbocycles. The van der Waals surface area contributed by atoms with Crippen LogP contribution in [0.4, 0.5) is 0 Å². The van der Waals surface area contributed by atoms with Crippen LogP contribution in [-0.4, -0.2) is 14.6 Å². The van der Waals surface area contributed by atoms with Gasteiger partial charge in [-0.25, -0.2) is 9.50 Å². The van der Waals surface area contributed by atoms with E-state index in [0.717, 1.165) is 39.4 Å². The maximum absolute atomic E-state index is 6.14. The molecule has 0 unspecified atom stereocenters. The van der Waals surface area contributed by atoms with Crippen molar-refractivity contribution in [3.05, 3.63) is 63.5 Å². The van der Waals surface area contributed by atoms with E-state index in [1.165, 1.54) is 0 Å². The largest absolute Gasteiger partial charge is 0.221 e. The fourth-order valence-electron chi connectivity index (χ4n) is 1.96. The van der Waals surface area contributed by atoms with E-state index in [9.17, 15) is 0 Å². The van der Waals surface area contributed by atoms with Gasteiger partial charge in [0, 0.05) is 22.1 Å². The summed E-state index contributed by atoms with van der Waals surface area (Å²) >= 11 is 9.57. The molecule has 0 radical (unpaired) electrons. The lowest BCUT2D eigenvalue weighted by Gasteiger charge is -2.00. The van der Waals surface area contributed by atoms with E-state index in [1.54, 1.807) is 4.52 Å². The van der Waals surface area contributed by atoms with Crippen LogP contribution in [0, 0.1) is 0 Å². The van der Waals surface area contributed by atoms with Crippen molar-refractivity contribution in [2.75, 3.05) is 0 Å². The molecule has 2 aromatic heterocycles. The van der Waals surface area contributed by atoms with E-state index in [1.807, 2.05) is 42.6 Å². The molecule has 19 heavy (non-hydrogen) atoms. The number of hydrogen-bond acceptors (Lipinski definition) is 2. The summed E-state index contributed by atoms with van der Waals surface area (Å²) in [5.74, 6) is 0.831. The molecule has 5 heteroatoms. The molecule has 0 aliphatic heterocycles. The van der Waals surface area contributed by atoms with Crippen molar-refractivity contribution in [2.24, 2.45) is 0 Å². The Hall–Kier alpha value is -1.39. The van der Waals surface area contributed by atoms with Crippen LogP contribution < -0.4 is 0 Å². The average Bonchev–Trinajstić information content (AvgIpc) is 2.79. The first-order valence-corrected chi connectivity index (χ1v) is 7.14. The lowest BCUT2D eigenvalue weighted by Crippen LogP contribution is -1.95. The number of hydrogen-bond donors (Lipinski definition) is 0. The lowest BCUT2D eigenvalue weighted by molar-refractivity contribution is 0.836. The minimum atomic E-state index is 0.781. The van der Waals surface area contributed by atoms with Gasteiger partial charge in [0.2, 0.25) is 0 Å². The second kappa shape index (κ2) is 5.31. The lowest BCUT2D eigenvalue weighted by atomic mass is 10.1. The fraction of sp³-hybridized carbons (Fsp3) is 0.143. The van der Waals surface area contributed by atoms with E-state index in [-0.39, 0.29) is 0 Å². The molecule has 0 aliphatic carbocycles. The Morgan fingerprint density at radius 2 is 2.00 bits per heavy atom. The Balaban J connectivity index is 1.80. The zero-order chi connectivity index (χ0) is 13.2. The molecule has 3 aromatic rings. The number of halogens is 2. The van der Waals surface area contributed by atoms with Gasteiger partial charge in [0.1, 0.15) is 0 Å². The Morgan fingerprint density at radius 1 is 1.16 bits per heavy atom. The number of aromatic nitrogens is 3. The highest BCUT2D eigenvalue weighted by Gasteiger charge is 2.06. The summed E-state index contributed by atoms with van der Waals surface area (Å²) in [6, 6.07) is 11.8. The number of fused-ring (bicyclic) bond motifs is 1. The van der Waals surface area contributed by atoms with Gasteiger partial charge in [-0.2, -0.15) is 5.10 Å². The van der Waals surface area contributed by atoms with Crippen LogP contribution >= 0.6 is 27.5 Å². The summed E-state index contributed by atoms with van der Waals surface area (Å²) < 4.78 is 2.79. The van der Waals surface area contributed by atoms with Crippen molar-refractivity contribution in [2.45, 2.75) is 12.8 Å². The molecule has 0 atom stereocenters. The van der Waals surface area contributed by atoms with E-state index >= 15 is 0 Å². The van der Waals surface area contributed by atoms with E-state index < -0.39 is 0 Å². The number of aryl methyl sites for hydroxylation is 2. The molecule has 96 valence electrons. The highest BCUT2D eigenvalue weighted by molar-refractivity contribution is 9.10. The van der Waals surface area contributed by atoms with Crippen molar-refractivity contribution in [3.63, 3.8) is 0 Å². The number of nitrogens with zero attached hydrogens (tertiary/aromatic N) is 3. The summed E-state index contributed by atoms with van der Waals surface area (Å²) in [6.45, 7) is 0. The SMILES string of the molecule is Clc1ccccc1CCc1nc2cc(Br)ccn2n1. The van der Waals surface area contributed by atoms with Gasteiger partial charge in [-0.1, -0.05) is 45.7 Å². The molecule has 0 saturated heterocycles. The summed E-state index contributed by atoms with van der Waals surface area (Å²) in [5.41, 5.74) is 1.98. The van der Waals surface area contributed by atoms with Crippen LogP contribution in [0.1, 0.15) is 11.4 Å². The zero-order valence-electron chi connectivity index (χ0n) is 10.1. The standard InChI is InChI=1S/C14H11BrClN3/c15-11-7-8-19-14(9-11)17-13(18-19)6-5-10-3-1-2-4-12(10)16/h1-4,7-9H,5-6H2. The Bertz CT molecular complexity index is 724. The third kappa shape index (κ3) is 2.80. The normalized spacial score (nSPS) is 11.1. The topological polar surface area (TPSA) is 30.2 Å². The maximum Gasteiger partial charge on any atom is 0.156 e. The Labute approximate surface area is 124 Å². The molecule has 0 amide bonds. The van der Waals surface area contributed by atoms with Crippen molar-refractivity contribution >= 4 is 33.2 Å². The van der Waals surface area contributed by atoms with Gasteiger partial charge >= 0.3 is 0 Å². The smallest absolute Gasteiger partial charge is 0.156 e. The molecule has 1 aromatic carbocycles. The quantitative estimate of drug-likeness (QED) is 0.725. The molecule has 0 bridgehead atoms. The van der Waals surface area contributed by atoms with Gasteiger partial charge < -0.3 is 0 Å². The van der Waals surface area contributed by atoms with Gasteiger partial charge in [0.25, 0.3) is 0 Å². The van der Waals surface area contributed by atoms with E-state index in [4.69, 9.17) is 11.6 Å². The number of benzene rings is 1. The summed E-state index contributed by atoms with van der Waals surface area (Å²) in [5, 5.41) is 5.24. The number of pyridine rings is 1. The van der Waals surface area contributed by atoms with Gasteiger partial charge in [0.15, 0.2) is 11.5 Å². The van der Waals surface area contributed by atoms with Crippen LogP contribution in [0.2, 0.25) is 5.02 Å². The highest BCUT2D eigenvalue weighted by atomic mass is 79.9. The van der Waals surface area contributed by atoms with Gasteiger partial charge in [-0.3, -0.25) is 0 Å². The van der Waals surface area contributed by atoms with Crippen molar-refractivity contribution in [1.82, 2.24) is 14.6 Å². The molecule has 0 fully saturated rings. The summed E-state index contributed by atoms with van der Waals surface area (Å²) in [7, 11) is 0. The number of rotatable bonds is 3. The summed E-state index contributed by atoms with van der Waals surface area (Å²) in [4.78, 5) is 4.50. The van der Waals surface area contributed by atoms with Gasteiger partial charge in [-0.15, -0.1) is 0 Å².